The number of nitro benzene ring substituents is 1. The van der Waals surface area contributed by atoms with Gasteiger partial charge in [0.25, 0.3) is 0 Å². The molecule has 1 aromatic carbocycles. The molecule has 5 nitrogen and oxygen atoms in total. The average Bonchev–Trinajstić information content (AvgIpc) is 2.39. The molecule has 0 atom stereocenters. The fourth-order valence-electron chi connectivity index (χ4n) is 2.38. The Morgan fingerprint density at radius 1 is 1.35 bits per heavy atom. The van der Waals surface area contributed by atoms with E-state index in [0.717, 1.165) is 43.9 Å². The van der Waals surface area contributed by atoms with Crippen LogP contribution in [0.5, 0.6) is 5.75 Å². The molecule has 1 saturated carbocycles. The molecule has 0 heterocycles. The maximum atomic E-state index is 13.2. The molecule has 20 heavy (non-hydrogen) atoms. The standard InChI is InChI=1S/C13H17FN2O3.ClH/c1-15-10-3-5-11(6-4-10)19-13-8-9(14)2-7-12(13)16(17)18;/h2,7-8,10-11,15H,3-6H2,1H3;1H. The first-order valence-electron chi connectivity index (χ1n) is 6.38. The smallest absolute Gasteiger partial charge is 0.311 e. The van der Waals surface area contributed by atoms with Crippen LogP contribution < -0.4 is 10.1 Å². The lowest BCUT2D eigenvalue weighted by atomic mass is 9.93. The number of rotatable bonds is 4. The van der Waals surface area contributed by atoms with Crippen molar-refractivity contribution in [2.75, 3.05) is 7.05 Å². The molecule has 2 rings (SSSR count). The monoisotopic (exact) mass is 304 g/mol. The van der Waals surface area contributed by atoms with Gasteiger partial charge in [0.1, 0.15) is 5.82 Å². The predicted octanol–water partition coefficient (Wildman–Crippen LogP) is 3.07. The van der Waals surface area contributed by atoms with Crippen LogP contribution in [0.2, 0.25) is 0 Å². The van der Waals surface area contributed by atoms with Crippen molar-refractivity contribution in [1.82, 2.24) is 5.32 Å². The van der Waals surface area contributed by atoms with Gasteiger partial charge in [-0.1, -0.05) is 0 Å². The number of hydrogen-bond donors (Lipinski definition) is 1. The van der Waals surface area contributed by atoms with Crippen molar-refractivity contribution in [2.45, 2.75) is 37.8 Å². The summed E-state index contributed by atoms with van der Waals surface area (Å²) in [4.78, 5) is 10.3. The van der Waals surface area contributed by atoms with Crippen molar-refractivity contribution in [2.24, 2.45) is 0 Å². The van der Waals surface area contributed by atoms with Crippen molar-refractivity contribution < 1.29 is 14.1 Å². The van der Waals surface area contributed by atoms with E-state index in [1.807, 2.05) is 7.05 Å². The summed E-state index contributed by atoms with van der Waals surface area (Å²) in [6, 6.07) is 3.78. The minimum absolute atomic E-state index is 0. The van der Waals surface area contributed by atoms with Gasteiger partial charge < -0.3 is 10.1 Å². The van der Waals surface area contributed by atoms with E-state index in [1.165, 1.54) is 0 Å². The Hall–Kier alpha value is -1.40. The lowest BCUT2D eigenvalue weighted by Crippen LogP contribution is -2.34. The molecule has 0 aromatic heterocycles. The number of nitrogens with zero attached hydrogens (tertiary/aromatic N) is 1. The van der Waals surface area contributed by atoms with Crippen molar-refractivity contribution in [3.8, 4) is 5.75 Å². The molecule has 1 aliphatic rings. The molecule has 1 aliphatic carbocycles. The topological polar surface area (TPSA) is 64.4 Å². The Morgan fingerprint density at radius 2 is 2.00 bits per heavy atom. The number of hydrogen-bond acceptors (Lipinski definition) is 4. The van der Waals surface area contributed by atoms with Crippen LogP contribution in [0.4, 0.5) is 10.1 Å². The summed E-state index contributed by atoms with van der Waals surface area (Å²) in [7, 11) is 1.92. The Morgan fingerprint density at radius 3 is 2.55 bits per heavy atom. The van der Waals surface area contributed by atoms with E-state index >= 15 is 0 Å². The molecule has 112 valence electrons. The van der Waals surface area contributed by atoms with Crippen LogP contribution >= 0.6 is 12.4 Å². The van der Waals surface area contributed by atoms with Gasteiger partial charge in [-0.15, -0.1) is 12.4 Å². The second kappa shape index (κ2) is 7.40. The first-order valence-corrected chi connectivity index (χ1v) is 6.38. The molecule has 7 heteroatoms. The van der Waals surface area contributed by atoms with Crippen molar-refractivity contribution >= 4 is 18.1 Å². The van der Waals surface area contributed by atoms with Gasteiger partial charge in [-0.2, -0.15) is 0 Å². The molecule has 0 aliphatic heterocycles. The van der Waals surface area contributed by atoms with Crippen LogP contribution in [0.3, 0.4) is 0 Å². The van der Waals surface area contributed by atoms with Crippen molar-refractivity contribution in [3.05, 3.63) is 34.1 Å². The molecule has 1 N–H and O–H groups in total. The number of halogens is 2. The van der Waals surface area contributed by atoms with Crippen LogP contribution in [-0.2, 0) is 0 Å². The maximum absolute atomic E-state index is 13.2. The van der Waals surface area contributed by atoms with Crippen LogP contribution in [0.25, 0.3) is 0 Å². The largest absolute Gasteiger partial charge is 0.483 e. The zero-order chi connectivity index (χ0) is 13.8. The van der Waals surface area contributed by atoms with E-state index in [4.69, 9.17) is 4.74 Å². The summed E-state index contributed by atoms with van der Waals surface area (Å²) < 4.78 is 18.8. The van der Waals surface area contributed by atoms with Gasteiger partial charge in [0.05, 0.1) is 11.0 Å². The van der Waals surface area contributed by atoms with Crippen LogP contribution in [-0.4, -0.2) is 24.1 Å². The Labute approximate surface area is 123 Å². The van der Waals surface area contributed by atoms with Crippen LogP contribution in [0.1, 0.15) is 25.7 Å². The molecule has 0 bridgehead atoms. The third kappa shape index (κ3) is 4.05. The zero-order valence-electron chi connectivity index (χ0n) is 11.2. The fourth-order valence-corrected chi connectivity index (χ4v) is 2.38. The number of ether oxygens (including phenoxy) is 1. The van der Waals surface area contributed by atoms with Gasteiger partial charge >= 0.3 is 5.69 Å². The highest BCUT2D eigenvalue weighted by Gasteiger charge is 2.24. The van der Waals surface area contributed by atoms with E-state index in [-0.39, 0.29) is 29.9 Å². The fraction of sp³-hybridized carbons (Fsp3) is 0.538. The first kappa shape index (κ1) is 16.7. The minimum Gasteiger partial charge on any atom is -0.483 e. The number of nitro groups is 1. The molecule has 1 aromatic rings. The highest BCUT2D eigenvalue weighted by Crippen LogP contribution is 2.31. The van der Waals surface area contributed by atoms with Crippen molar-refractivity contribution in [3.63, 3.8) is 0 Å². The van der Waals surface area contributed by atoms with Gasteiger partial charge in [-0.25, -0.2) is 4.39 Å². The van der Waals surface area contributed by atoms with Crippen LogP contribution in [0, 0.1) is 15.9 Å². The first-order chi connectivity index (χ1) is 9.10. The van der Waals surface area contributed by atoms with Gasteiger partial charge in [0, 0.05) is 18.2 Å². The lowest BCUT2D eigenvalue weighted by Gasteiger charge is -2.28. The molecule has 0 saturated heterocycles. The lowest BCUT2D eigenvalue weighted by molar-refractivity contribution is -0.386. The van der Waals surface area contributed by atoms with E-state index in [9.17, 15) is 14.5 Å². The zero-order valence-corrected chi connectivity index (χ0v) is 12.0. The Kier molecular flexibility index (Phi) is 6.16. The third-order valence-electron chi connectivity index (χ3n) is 3.49. The maximum Gasteiger partial charge on any atom is 0.311 e. The average molecular weight is 305 g/mol. The SMILES string of the molecule is CNC1CCC(Oc2cc(F)ccc2[N+](=O)[O-])CC1.Cl. The molecule has 0 spiro atoms. The second-order valence-corrected chi connectivity index (χ2v) is 4.75. The predicted molar refractivity (Wildman–Crippen MR) is 76.0 cm³/mol. The molecule has 0 unspecified atom stereocenters. The van der Waals surface area contributed by atoms with E-state index < -0.39 is 10.7 Å². The molecule has 1 fully saturated rings. The van der Waals surface area contributed by atoms with Gasteiger partial charge in [0.2, 0.25) is 0 Å². The molecule has 0 amide bonds. The van der Waals surface area contributed by atoms with Gasteiger partial charge in [0.15, 0.2) is 5.75 Å². The van der Waals surface area contributed by atoms with E-state index in [0.29, 0.717) is 6.04 Å². The van der Waals surface area contributed by atoms with Crippen molar-refractivity contribution in [1.29, 1.82) is 0 Å². The quantitative estimate of drug-likeness (QED) is 0.686. The summed E-state index contributed by atoms with van der Waals surface area (Å²) in [5.41, 5.74) is -0.183. The molecule has 0 radical (unpaired) electrons. The third-order valence-corrected chi connectivity index (χ3v) is 3.49. The van der Waals surface area contributed by atoms with Gasteiger partial charge in [-0.3, -0.25) is 10.1 Å². The summed E-state index contributed by atoms with van der Waals surface area (Å²) in [6.07, 6.45) is 3.48. The minimum atomic E-state index is -0.548. The Balaban J connectivity index is 0.00000200. The highest BCUT2D eigenvalue weighted by molar-refractivity contribution is 5.85. The number of nitrogens with one attached hydrogen (secondary N) is 1. The normalized spacial score (nSPS) is 21.9. The van der Waals surface area contributed by atoms with E-state index in [1.54, 1.807) is 0 Å². The summed E-state index contributed by atoms with van der Waals surface area (Å²) >= 11 is 0. The summed E-state index contributed by atoms with van der Waals surface area (Å²) in [5.74, 6) is -0.498. The summed E-state index contributed by atoms with van der Waals surface area (Å²) in [6.45, 7) is 0. The van der Waals surface area contributed by atoms with Gasteiger partial charge in [-0.05, 0) is 38.8 Å². The van der Waals surface area contributed by atoms with Crippen LogP contribution in [0.15, 0.2) is 18.2 Å². The summed E-state index contributed by atoms with van der Waals surface area (Å²) in [5, 5.41) is 14.1. The molecular formula is C13H18ClFN2O3. The second-order valence-electron chi connectivity index (χ2n) is 4.75. The molecular weight excluding hydrogens is 287 g/mol. The highest BCUT2D eigenvalue weighted by atomic mass is 35.5. The Bertz CT molecular complexity index is 465. The number of benzene rings is 1. The van der Waals surface area contributed by atoms with E-state index in [2.05, 4.69) is 5.32 Å².